The second-order valence-electron chi connectivity index (χ2n) is 6.49. The predicted octanol–water partition coefficient (Wildman–Crippen LogP) is 2.93. The van der Waals surface area contributed by atoms with Crippen molar-refractivity contribution in [1.29, 1.82) is 0 Å². The Morgan fingerprint density at radius 3 is 2.38 bits per heavy atom. The van der Waals surface area contributed by atoms with E-state index in [1.807, 2.05) is 0 Å². The summed E-state index contributed by atoms with van der Waals surface area (Å²) >= 11 is 0. The van der Waals surface area contributed by atoms with Gasteiger partial charge in [0.2, 0.25) is 0 Å². The molecular formula is C17H12F6N6. The smallest absolute Gasteiger partial charge is 0.327 e. The van der Waals surface area contributed by atoms with Gasteiger partial charge in [0.15, 0.2) is 23.0 Å². The van der Waals surface area contributed by atoms with Crippen LogP contribution < -0.4 is 5.73 Å². The van der Waals surface area contributed by atoms with E-state index in [2.05, 4.69) is 15.3 Å². The standard InChI is InChI=1S/C17H12F6N6/c18-10-6-12(20)11(19)4-8(10)3-9(24)5-15-25-26-16-13-7-14(17(21,22)23)27-29(13)2-1-28(15)16/h1-2,4,6-7,9H,3,5,24H2/t9-/m1/s1. The van der Waals surface area contributed by atoms with E-state index in [9.17, 15) is 26.3 Å². The zero-order chi connectivity index (χ0) is 20.9. The van der Waals surface area contributed by atoms with Crippen molar-refractivity contribution in [2.75, 3.05) is 0 Å². The molecule has 0 bridgehead atoms. The Hall–Kier alpha value is -3.15. The van der Waals surface area contributed by atoms with Crippen LogP contribution in [-0.4, -0.2) is 30.3 Å². The minimum Gasteiger partial charge on any atom is -0.327 e. The summed E-state index contributed by atoms with van der Waals surface area (Å²) < 4.78 is 81.3. The quantitative estimate of drug-likeness (QED) is 0.412. The summed E-state index contributed by atoms with van der Waals surface area (Å²) in [5.74, 6) is -3.10. The molecule has 0 radical (unpaired) electrons. The van der Waals surface area contributed by atoms with Crippen LogP contribution in [0.4, 0.5) is 26.3 Å². The van der Waals surface area contributed by atoms with Gasteiger partial charge in [0, 0.05) is 37.0 Å². The van der Waals surface area contributed by atoms with Crippen molar-refractivity contribution in [2.24, 2.45) is 5.73 Å². The minimum atomic E-state index is -4.61. The summed E-state index contributed by atoms with van der Waals surface area (Å²) in [5, 5.41) is 11.3. The monoisotopic (exact) mass is 414 g/mol. The minimum absolute atomic E-state index is 0.0655. The zero-order valence-corrected chi connectivity index (χ0v) is 14.5. The first-order chi connectivity index (χ1) is 13.6. The predicted molar refractivity (Wildman–Crippen MR) is 88.4 cm³/mol. The molecule has 0 aliphatic carbocycles. The van der Waals surface area contributed by atoms with Crippen molar-refractivity contribution >= 4 is 11.2 Å². The molecule has 152 valence electrons. The van der Waals surface area contributed by atoms with Gasteiger partial charge in [-0.1, -0.05) is 0 Å². The van der Waals surface area contributed by atoms with Crippen molar-refractivity contribution in [1.82, 2.24) is 24.2 Å². The third-order valence-corrected chi connectivity index (χ3v) is 4.39. The summed E-state index contributed by atoms with van der Waals surface area (Å²) in [7, 11) is 0. The van der Waals surface area contributed by atoms with Crippen LogP contribution >= 0.6 is 0 Å². The van der Waals surface area contributed by atoms with E-state index >= 15 is 0 Å². The van der Waals surface area contributed by atoms with Crippen molar-refractivity contribution in [3.05, 3.63) is 65.1 Å². The molecule has 1 atom stereocenters. The molecule has 0 spiro atoms. The molecule has 12 heteroatoms. The highest BCUT2D eigenvalue weighted by Crippen LogP contribution is 2.29. The average molecular weight is 414 g/mol. The van der Waals surface area contributed by atoms with E-state index < -0.39 is 35.4 Å². The van der Waals surface area contributed by atoms with Gasteiger partial charge in [0.25, 0.3) is 0 Å². The highest BCUT2D eigenvalue weighted by Gasteiger charge is 2.34. The number of alkyl halides is 3. The number of aromatic nitrogens is 5. The first-order valence-corrected chi connectivity index (χ1v) is 8.31. The Bertz CT molecular complexity index is 1210. The third kappa shape index (κ3) is 3.50. The van der Waals surface area contributed by atoms with Gasteiger partial charge in [-0.15, -0.1) is 10.2 Å². The Morgan fingerprint density at radius 2 is 1.66 bits per heavy atom. The maximum atomic E-state index is 13.8. The largest absolute Gasteiger partial charge is 0.435 e. The second kappa shape index (κ2) is 6.72. The van der Waals surface area contributed by atoms with Crippen LogP contribution in [0.1, 0.15) is 17.1 Å². The summed E-state index contributed by atoms with van der Waals surface area (Å²) in [6.45, 7) is 0. The van der Waals surface area contributed by atoms with Crippen LogP contribution in [0.5, 0.6) is 0 Å². The molecule has 3 heterocycles. The SMILES string of the molecule is N[C@H](Cc1cc(F)c(F)cc1F)Cc1nnc2c3cc(C(F)(F)F)nn3ccn12. The first-order valence-electron chi connectivity index (χ1n) is 8.31. The summed E-state index contributed by atoms with van der Waals surface area (Å²) in [5.41, 5.74) is 5.05. The Labute approximate surface area is 158 Å². The Morgan fingerprint density at radius 1 is 0.931 bits per heavy atom. The molecule has 4 aromatic rings. The Kier molecular flexibility index (Phi) is 4.45. The lowest BCUT2D eigenvalue weighted by Crippen LogP contribution is -2.27. The van der Waals surface area contributed by atoms with E-state index in [1.54, 1.807) is 0 Å². The highest BCUT2D eigenvalue weighted by molar-refractivity contribution is 5.71. The highest BCUT2D eigenvalue weighted by atomic mass is 19.4. The van der Waals surface area contributed by atoms with Crippen LogP contribution in [0.15, 0.2) is 30.6 Å². The lowest BCUT2D eigenvalue weighted by molar-refractivity contribution is -0.141. The number of nitrogens with two attached hydrogens (primary N) is 1. The van der Waals surface area contributed by atoms with Gasteiger partial charge in [-0.3, -0.25) is 4.40 Å². The number of nitrogens with zero attached hydrogens (tertiary/aromatic N) is 5. The molecular weight excluding hydrogens is 402 g/mol. The fraction of sp³-hybridized carbons (Fsp3) is 0.235. The van der Waals surface area contributed by atoms with Crippen LogP contribution in [0, 0.1) is 17.5 Å². The van der Waals surface area contributed by atoms with E-state index in [0.717, 1.165) is 16.6 Å². The lowest BCUT2D eigenvalue weighted by atomic mass is 10.0. The maximum absolute atomic E-state index is 13.8. The second-order valence-corrected chi connectivity index (χ2v) is 6.49. The summed E-state index contributed by atoms with van der Waals surface area (Å²) in [6.07, 6.45) is -1.91. The Balaban J connectivity index is 1.62. The van der Waals surface area contributed by atoms with E-state index in [4.69, 9.17) is 5.73 Å². The van der Waals surface area contributed by atoms with Crippen molar-refractivity contribution in [3.8, 4) is 0 Å². The third-order valence-electron chi connectivity index (χ3n) is 4.39. The molecule has 0 saturated carbocycles. The van der Waals surface area contributed by atoms with Gasteiger partial charge in [-0.2, -0.15) is 18.3 Å². The number of halogens is 6. The molecule has 29 heavy (non-hydrogen) atoms. The molecule has 1 aromatic carbocycles. The van der Waals surface area contributed by atoms with E-state index in [-0.39, 0.29) is 29.6 Å². The van der Waals surface area contributed by atoms with Crippen molar-refractivity contribution < 1.29 is 26.3 Å². The van der Waals surface area contributed by atoms with E-state index in [0.29, 0.717) is 11.9 Å². The molecule has 0 amide bonds. The first kappa shape index (κ1) is 19.2. The molecule has 0 unspecified atom stereocenters. The zero-order valence-electron chi connectivity index (χ0n) is 14.5. The maximum Gasteiger partial charge on any atom is 0.435 e. The lowest BCUT2D eigenvalue weighted by Gasteiger charge is -2.12. The molecule has 0 fully saturated rings. The average Bonchev–Trinajstić information content (AvgIpc) is 3.23. The molecule has 0 aliphatic heterocycles. The topological polar surface area (TPSA) is 73.5 Å². The molecule has 0 saturated heterocycles. The van der Waals surface area contributed by atoms with Crippen LogP contribution in [0.3, 0.4) is 0 Å². The van der Waals surface area contributed by atoms with Gasteiger partial charge in [-0.05, 0) is 18.1 Å². The molecule has 3 aromatic heterocycles. The summed E-state index contributed by atoms with van der Waals surface area (Å²) in [6, 6.07) is 1.30. The summed E-state index contributed by atoms with van der Waals surface area (Å²) in [4.78, 5) is 0. The van der Waals surface area contributed by atoms with Crippen LogP contribution in [-0.2, 0) is 19.0 Å². The number of benzene rings is 1. The number of rotatable bonds is 4. The van der Waals surface area contributed by atoms with Gasteiger partial charge in [-0.25, -0.2) is 17.7 Å². The fourth-order valence-corrected chi connectivity index (χ4v) is 3.05. The van der Waals surface area contributed by atoms with E-state index in [1.165, 1.54) is 16.8 Å². The molecule has 4 rings (SSSR count). The number of hydrogen-bond donors (Lipinski definition) is 1. The fourth-order valence-electron chi connectivity index (χ4n) is 3.05. The molecule has 2 N–H and O–H groups in total. The molecule has 0 aliphatic rings. The number of fused-ring (bicyclic) bond motifs is 3. The molecule has 6 nitrogen and oxygen atoms in total. The van der Waals surface area contributed by atoms with Crippen LogP contribution in [0.25, 0.3) is 11.2 Å². The van der Waals surface area contributed by atoms with Crippen molar-refractivity contribution in [2.45, 2.75) is 25.1 Å². The van der Waals surface area contributed by atoms with Gasteiger partial charge >= 0.3 is 6.18 Å². The van der Waals surface area contributed by atoms with Gasteiger partial charge in [0.05, 0.1) is 0 Å². The van der Waals surface area contributed by atoms with Crippen LogP contribution in [0.2, 0.25) is 0 Å². The van der Waals surface area contributed by atoms with Gasteiger partial charge < -0.3 is 5.73 Å². The van der Waals surface area contributed by atoms with Crippen molar-refractivity contribution in [3.63, 3.8) is 0 Å². The normalized spacial score (nSPS) is 13.5. The van der Waals surface area contributed by atoms with Gasteiger partial charge in [0.1, 0.15) is 17.2 Å². The number of hydrogen-bond acceptors (Lipinski definition) is 4.